The van der Waals surface area contributed by atoms with E-state index in [0.29, 0.717) is 5.52 Å². The summed E-state index contributed by atoms with van der Waals surface area (Å²) in [5.41, 5.74) is 0.614. The smallest absolute Gasteiger partial charge is 0.266 e. The number of aryl methyl sites for hydroxylation is 1. The zero-order valence-corrected chi connectivity index (χ0v) is 8.60. The molecule has 0 fully saturated rings. The summed E-state index contributed by atoms with van der Waals surface area (Å²) >= 11 is 0. The van der Waals surface area contributed by atoms with Crippen LogP contribution >= 0.6 is 0 Å². The average molecular weight is 215 g/mol. The van der Waals surface area contributed by atoms with Gasteiger partial charge in [-0.25, -0.2) is 9.48 Å². The molecule has 0 amide bonds. The van der Waals surface area contributed by atoms with E-state index in [-0.39, 0.29) is 11.2 Å². The quantitative estimate of drug-likeness (QED) is 0.593. The van der Waals surface area contributed by atoms with Gasteiger partial charge >= 0.3 is 5.69 Å². The van der Waals surface area contributed by atoms with Crippen LogP contribution in [0.1, 0.15) is 0 Å². The summed E-state index contributed by atoms with van der Waals surface area (Å²) in [6.07, 6.45) is 0. The molecule has 3 aromatic rings. The van der Waals surface area contributed by atoms with E-state index in [9.17, 15) is 9.59 Å². The highest BCUT2D eigenvalue weighted by Crippen LogP contribution is 2.15. The van der Waals surface area contributed by atoms with E-state index in [0.717, 1.165) is 10.9 Å². The molecule has 0 unspecified atom stereocenters. The first kappa shape index (κ1) is 8.96. The van der Waals surface area contributed by atoms with Gasteiger partial charge in [0.25, 0.3) is 5.56 Å². The van der Waals surface area contributed by atoms with Gasteiger partial charge in [0.2, 0.25) is 0 Å². The second kappa shape index (κ2) is 2.85. The van der Waals surface area contributed by atoms with Crippen LogP contribution in [-0.2, 0) is 7.05 Å². The molecule has 0 atom stereocenters. The zero-order chi connectivity index (χ0) is 11.3. The van der Waals surface area contributed by atoms with Crippen molar-refractivity contribution in [2.75, 3.05) is 0 Å². The van der Waals surface area contributed by atoms with Crippen molar-refractivity contribution < 1.29 is 0 Å². The van der Waals surface area contributed by atoms with Gasteiger partial charge < -0.3 is 0 Å². The van der Waals surface area contributed by atoms with E-state index in [1.165, 1.54) is 16.1 Å². The lowest BCUT2D eigenvalue weighted by atomic mass is 10.2. The Hall–Kier alpha value is -2.30. The second-order valence-electron chi connectivity index (χ2n) is 3.71. The van der Waals surface area contributed by atoms with Crippen LogP contribution < -0.4 is 11.2 Å². The fourth-order valence-electron chi connectivity index (χ4n) is 1.94. The Morgan fingerprint density at radius 2 is 1.88 bits per heavy atom. The molecular formula is C11H9N3O2. The van der Waals surface area contributed by atoms with Crippen LogP contribution in [0.15, 0.2) is 39.9 Å². The molecule has 2 aromatic heterocycles. The summed E-state index contributed by atoms with van der Waals surface area (Å²) in [5.74, 6) is 0. The van der Waals surface area contributed by atoms with Crippen LogP contribution in [0.3, 0.4) is 0 Å². The summed E-state index contributed by atoms with van der Waals surface area (Å²) in [5, 5.41) is 3.36. The number of nitrogens with one attached hydrogen (secondary N) is 1. The van der Waals surface area contributed by atoms with Crippen molar-refractivity contribution in [1.82, 2.24) is 14.2 Å². The lowest BCUT2D eigenvalue weighted by molar-refractivity contribution is 0.657. The molecule has 0 radical (unpaired) electrons. The normalized spacial score (nSPS) is 11.3. The minimum Gasteiger partial charge on any atom is -0.266 e. The molecule has 80 valence electrons. The van der Waals surface area contributed by atoms with Gasteiger partial charge in [0, 0.05) is 12.4 Å². The molecule has 5 heteroatoms. The van der Waals surface area contributed by atoms with E-state index in [1.54, 1.807) is 6.07 Å². The molecule has 0 spiro atoms. The minimum atomic E-state index is -0.265. The predicted molar refractivity (Wildman–Crippen MR) is 60.8 cm³/mol. The van der Waals surface area contributed by atoms with Crippen molar-refractivity contribution >= 4 is 16.4 Å². The van der Waals surface area contributed by atoms with Crippen molar-refractivity contribution in [3.8, 4) is 0 Å². The molecule has 2 heterocycles. The molecule has 1 N–H and O–H groups in total. The highest BCUT2D eigenvalue weighted by Gasteiger charge is 2.08. The van der Waals surface area contributed by atoms with E-state index >= 15 is 0 Å². The Kier molecular flexibility index (Phi) is 1.60. The third-order valence-electron chi connectivity index (χ3n) is 2.69. The van der Waals surface area contributed by atoms with Gasteiger partial charge in [0.1, 0.15) is 5.52 Å². The first-order chi connectivity index (χ1) is 7.68. The van der Waals surface area contributed by atoms with Crippen molar-refractivity contribution in [3.63, 3.8) is 0 Å². The maximum Gasteiger partial charge on any atom is 0.347 e. The Morgan fingerprint density at radius 1 is 1.12 bits per heavy atom. The molecule has 5 nitrogen and oxygen atoms in total. The average Bonchev–Trinajstić information content (AvgIpc) is 2.66. The SMILES string of the molecule is Cn1[nH]c(=O)c2cc3ccccc3n2c1=O. The fraction of sp³-hybridized carbons (Fsp3) is 0.0909. The maximum atomic E-state index is 11.9. The van der Waals surface area contributed by atoms with E-state index in [2.05, 4.69) is 5.10 Å². The molecule has 0 aliphatic rings. The van der Waals surface area contributed by atoms with Gasteiger partial charge in [0.05, 0.1) is 5.52 Å². The third kappa shape index (κ3) is 0.995. The van der Waals surface area contributed by atoms with Gasteiger partial charge in [-0.15, -0.1) is 0 Å². The van der Waals surface area contributed by atoms with E-state index in [4.69, 9.17) is 0 Å². The molecule has 0 bridgehead atoms. The van der Waals surface area contributed by atoms with Crippen LogP contribution in [0.4, 0.5) is 0 Å². The number of hydrogen-bond acceptors (Lipinski definition) is 2. The van der Waals surface area contributed by atoms with Crippen molar-refractivity contribution in [2.45, 2.75) is 0 Å². The Labute approximate surface area is 89.5 Å². The molecular weight excluding hydrogens is 206 g/mol. The molecule has 3 rings (SSSR count). The topological polar surface area (TPSA) is 59.3 Å². The molecule has 0 saturated heterocycles. The Bertz CT molecular complexity index is 807. The monoisotopic (exact) mass is 215 g/mol. The van der Waals surface area contributed by atoms with E-state index < -0.39 is 0 Å². The summed E-state index contributed by atoms with van der Waals surface area (Å²) in [7, 11) is 1.53. The van der Waals surface area contributed by atoms with Gasteiger partial charge in [0.15, 0.2) is 0 Å². The number of aromatic nitrogens is 3. The molecule has 1 aromatic carbocycles. The Balaban J connectivity index is 2.77. The van der Waals surface area contributed by atoms with Gasteiger partial charge in [-0.05, 0) is 12.1 Å². The van der Waals surface area contributed by atoms with Crippen molar-refractivity contribution in [3.05, 3.63) is 51.2 Å². The number of H-pyrrole nitrogens is 1. The summed E-state index contributed by atoms with van der Waals surface area (Å²) in [4.78, 5) is 23.6. The first-order valence-corrected chi connectivity index (χ1v) is 4.88. The Morgan fingerprint density at radius 3 is 2.69 bits per heavy atom. The standard InChI is InChI=1S/C11H9N3O2/c1-13-11(16)14-8-5-3-2-4-7(8)6-9(14)10(15)12-13/h2-6H,1H3,(H,12,15). The minimum absolute atomic E-state index is 0.254. The summed E-state index contributed by atoms with van der Waals surface area (Å²) in [6, 6.07) is 9.13. The zero-order valence-electron chi connectivity index (χ0n) is 8.60. The van der Waals surface area contributed by atoms with Crippen LogP contribution in [0, 0.1) is 0 Å². The van der Waals surface area contributed by atoms with Crippen LogP contribution in [0.2, 0.25) is 0 Å². The molecule has 0 aliphatic carbocycles. The third-order valence-corrected chi connectivity index (χ3v) is 2.69. The van der Waals surface area contributed by atoms with Gasteiger partial charge in [-0.3, -0.25) is 14.3 Å². The lowest BCUT2D eigenvalue weighted by Gasteiger charge is -1.99. The highest BCUT2D eigenvalue weighted by molar-refractivity contribution is 5.86. The summed E-state index contributed by atoms with van der Waals surface area (Å²) < 4.78 is 2.61. The molecule has 16 heavy (non-hydrogen) atoms. The van der Waals surface area contributed by atoms with Gasteiger partial charge in [-0.1, -0.05) is 18.2 Å². The summed E-state index contributed by atoms with van der Waals surface area (Å²) in [6.45, 7) is 0. The maximum absolute atomic E-state index is 11.9. The largest absolute Gasteiger partial charge is 0.347 e. The number of fused-ring (bicyclic) bond motifs is 3. The lowest BCUT2D eigenvalue weighted by Crippen LogP contribution is -2.32. The van der Waals surface area contributed by atoms with Crippen LogP contribution in [-0.4, -0.2) is 14.2 Å². The number of hydrogen-bond donors (Lipinski definition) is 1. The molecule has 0 aliphatic heterocycles. The number of nitrogens with zero attached hydrogens (tertiary/aromatic N) is 2. The first-order valence-electron chi connectivity index (χ1n) is 4.88. The highest BCUT2D eigenvalue weighted by atomic mass is 16.2. The van der Waals surface area contributed by atoms with Crippen LogP contribution in [0.25, 0.3) is 16.4 Å². The fourth-order valence-corrected chi connectivity index (χ4v) is 1.94. The number of para-hydroxylation sites is 1. The van der Waals surface area contributed by atoms with Crippen molar-refractivity contribution in [1.29, 1.82) is 0 Å². The number of rotatable bonds is 0. The van der Waals surface area contributed by atoms with E-state index in [1.807, 2.05) is 24.3 Å². The predicted octanol–water partition coefficient (Wildman–Crippen LogP) is 0.480. The van der Waals surface area contributed by atoms with Crippen molar-refractivity contribution in [2.24, 2.45) is 7.05 Å². The number of benzene rings is 1. The van der Waals surface area contributed by atoms with Gasteiger partial charge in [-0.2, -0.15) is 0 Å². The molecule has 0 saturated carbocycles. The second-order valence-corrected chi connectivity index (χ2v) is 3.71. The van der Waals surface area contributed by atoms with Crippen LogP contribution in [0.5, 0.6) is 0 Å². The number of aromatic amines is 1.